The molecule has 0 radical (unpaired) electrons. The summed E-state index contributed by atoms with van der Waals surface area (Å²) in [7, 11) is 0. The molecular weight excluding hydrogens is 923 g/mol. The zero-order chi connectivity index (χ0) is 54.3. The lowest BCUT2D eigenvalue weighted by Gasteiger charge is -2.20. The third kappa shape index (κ3) is 60.9. The van der Waals surface area contributed by atoms with Crippen molar-refractivity contribution in [3.8, 4) is 0 Å². The van der Waals surface area contributed by atoms with Crippen LogP contribution in [-0.2, 0) is 14.3 Å². The number of unbranched alkanes of at least 4 members (excludes halogenated alkanes) is 45. The van der Waals surface area contributed by atoms with Gasteiger partial charge in [0, 0.05) is 12.8 Å². The number of carbonyl (C=O) groups is 2. The molecule has 0 fully saturated rings. The quantitative estimate of drug-likeness (QED) is 0.0320. The van der Waals surface area contributed by atoms with E-state index in [1.807, 2.05) is 6.08 Å². The Morgan fingerprint density at radius 3 is 1.05 bits per heavy atom. The molecule has 0 heterocycles. The van der Waals surface area contributed by atoms with Gasteiger partial charge in [-0.1, -0.05) is 300 Å². The summed E-state index contributed by atoms with van der Waals surface area (Å²) in [4.78, 5) is 24.5. The van der Waals surface area contributed by atoms with Crippen molar-refractivity contribution in [3.05, 3.63) is 48.6 Å². The Labute approximate surface area is 467 Å². The summed E-state index contributed by atoms with van der Waals surface area (Å²) >= 11 is 0. The van der Waals surface area contributed by atoms with Crippen molar-refractivity contribution in [1.29, 1.82) is 0 Å². The summed E-state index contributed by atoms with van der Waals surface area (Å²) in [6, 6.07) is -0.628. The van der Waals surface area contributed by atoms with Crippen LogP contribution in [0.5, 0.6) is 0 Å². The van der Waals surface area contributed by atoms with Gasteiger partial charge in [-0.25, -0.2) is 0 Å². The molecule has 440 valence electrons. The lowest BCUT2D eigenvalue weighted by atomic mass is 10.0. The molecule has 0 aliphatic heterocycles. The number of ether oxygens (including phenoxy) is 1. The second kappa shape index (κ2) is 64.3. The predicted octanol–water partition coefficient (Wildman–Crippen LogP) is 21.3. The number of aliphatic hydroxyl groups excluding tert-OH is 2. The molecule has 0 bridgehead atoms. The van der Waals surface area contributed by atoms with Gasteiger partial charge in [-0.2, -0.15) is 0 Å². The first-order valence-corrected chi connectivity index (χ1v) is 33.4. The van der Waals surface area contributed by atoms with Gasteiger partial charge in [-0.15, -0.1) is 0 Å². The first kappa shape index (κ1) is 72.8. The molecular formula is C69H129NO5. The maximum atomic E-state index is 12.5. The number of hydrogen-bond donors (Lipinski definition) is 3. The maximum absolute atomic E-state index is 12.5. The molecule has 3 N–H and O–H groups in total. The van der Waals surface area contributed by atoms with Crippen molar-refractivity contribution in [2.75, 3.05) is 13.2 Å². The molecule has 0 rings (SSSR count). The van der Waals surface area contributed by atoms with E-state index in [-0.39, 0.29) is 18.5 Å². The monoisotopic (exact) mass is 1050 g/mol. The summed E-state index contributed by atoms with van der Waals surface area (Å²) in [5.41, 5.74) is 0. The average molecular weight is 1050 g/mol. The highest BCUT2D eigenvalue weighted by Crippen LogP contribution is 2.17. The van der Waals surface area contributed by atoms with Crippen LogP contribution in [0, 0.1) is 0 Å². The minimum atomic E-state index is -0.844. The molecule has 0 aliphatic rings. The number of rotatable bonds is 62. The minimum absolute atomic E-state index is 0.00256. The average Bonchev–Trinajstić information content (AvgIpc) is 3.41. The Kier molecular flexibility index (Phi) is 62.5. The molecule has 0 aliphatic carbocycles. The van der Waals surface area contributed by atoms with Crippen molar-refractivity contribution < 1.29 is 24.5 Å². The van der Waals surface area contributed by atoms with Crippen LogP contribution in [-0.4, -0.2) is 47.4 Å². The number of hydrogen-bond acceptors (Lipinski definition) is 5. The molecule has 0 spiro atoms. The van der Waals surface area contributed by atoms with Gasteiger partial charge >= 0.3 is 5.97 Å². The molecule has 1 amide bonds. The van der Waals surface area contributed by atoms with Gasteiger partial charge in [-0.3, -0.25) is 9.59 Å². The summed E-state index contributed by atoms with van der Waals surface area (Å²) in [5.74, 6) is -0.0635. The number of allylic oxidation sites excluding steroid dienone is 7. The van der Waals surface area contributed by atoms with Gasteiger partial charge in [0.2, 0.25) is 5.91 Å². The fourth-order valence-electron chi connectivity index (χ4n) is 10.2. The van der Waals surface area contributed by atoms with E-state index in [1.54, 1.807) is 6.08 Å². The molecule has 0 saturated carbocycles. The van der Waals surface area contributed by atoms with E-state index in [1.165, 1.54) is 276 Å². The molecule has 6 heteroatoms. The van der Waals surface area contributed by atoms with Gasteiger partial charge in [-0.05, 0) is 89.9 Å². The number of carbonyl (C=O) groups excluding carboxylic acids is 2. The maximum Gasteiger partial charge on any atom is 0.305 e. The van der Waals surface area contributed by atoms with Crippen molar-refractivity contribution in [2.24, 2.45) is 0 Å². The smallest absolute Gasteiger partial charge is 0.305 e. The van der Waals surface area contributed by atoms with Crippen LogP contribution >= 0.6 is 0 Å². The van der Waals surface area contributed by atoms with Gasteiger partial charge in [0.25, 0.3) is 0 Å². The second-order valence-electron chi connectivity index (χ2n) is 22.8. The van der Waals surface area contributed by atoms with E-state index in [2.05, 4.69) is 55.6 Å². The Morgan fingerprint density at radius 1 is 0.373 bits per heavy atom. The van der Waals surface area contributed by atoms with Crippen molar-refractivity contribution in [3.63, 3.8) is 0 Å². The number of nitrogens with one attached hydrogen (secondary N) is 1. The van der Waals surface area contributed by atoms with E-state index in [4.69, 9.17) is 4.74 Å². The fraction of sp³-hybridized carbons (Fsp3) is 0.855. The van der Waals surface area contributed by atoms with E-state index in [9.17, 15) is 19.8 Å². The SMILES string of the molecule is CCCCC/C=C\CCCCCCCC(=O)OCCCCCCCCCCC/C=C\C/C=C\CCCCCCCCCCCCCCCCCC(=O)NC(CO)C(O)/C=C/CCCCCCCCCCCCCCC. The van der Waals surface area contributed by atoms with Crippen LogP contribution in [0.15, 0.2) is 48.6 Å². The highest BCUT2D eigenvalue weighted by Gasteiger charge is 2.18. The normalized spacial score (nSPS) is 12.9. The van der Waals surface area contributed by atoms with Gasteiger partial charge < -0.3 is 20.3 Å². The lowest BCUT2D eigenvalue weighted by molar-refractivity contribution is -0.143. The first-order valence-electron chi connectivity index (χ1n) is 33.4. The van der Waals surface area contributed by atoms with E-state index >= 15 is 0 Å². The molecule has 0 aromatic rings. The number of esters is 1. The number of amides is 1. The Hall–Kier alpha value is -2.18. The van der Waals surface area contributed by atoms with Crippen molar-refractivity contribution in [2.45, 2.75) is 366 Å². The minimum Gasteiger partial charge on any atom is -0.466 e. The zero-order valence-corrected chi connectivity index (χ0v) is 50.3. The van der Waals surface area contributed by atoms with Gasteiger partial charge in [0.1, 0.15) is 0 Å². The molecule has 2 unspecified atom stereocenters. The van der Waals surface area contributed by atoms with Crippen molar-refractivity contribution in [1.82, 2.24) is 5.32 Å². The van der Waals surface area contributed by atoms with Gasteiger partial charge in [0.15, 0.2) is 0 Å². The summed E-state index contributed by atoms with van der Waals surface area (Å²) < 4.78 is 5.47. The van der Waals surface area contributed by atoms with Crippen molar-refractivity contribution >= 4 is 11.9 Å². The number of aliphatic hydroxyl groups is 2. The van der Waals surface area contributed by atoms with E-state index < -0.39 is 12.1 Å². The van der Waals surface area contributed by atoms with Gasteiger partial charge in [0.05, 0.1) is 25.4 Å². The van der Waals surface area contributed by atoms with Crippen LogP contribution in [0.1, 0.15) is 354 Å². The summed E-state index contributed by atoms with van der Waals surface area (Å²) in [6.45, 7) is 4.89. The standard InChI is InChI=1S/C69H129NO5/c1-3-5-7-9-11-13-15-17-35-38-41-45-49-53-57-61-67(72)66(65-71)70-68(73)62-58-54-50-46-42-39-36-33-31-29-27-25-23-21-19-18-20-22-24-26-28-30-32-34-37-40-44-48-52-56-60-64-75-69(74)63-59-55-51-47-43-16-14-12-10-8-6-4-2/h12,14,20,22,26,28,57,61,66-67,71-72H,3-11,13,15-19,21,23-25,27,29-56,58-60,62-65H2,1-2H3,(H,70,73)/b14-12-,22-20-,28-26-,61-57+. The summed E-state index contributed by atoms with van der Waals surface area (Å²) in [6.07, 6.45) is 83.2. The highest BCUT2D eigenvalue weighted by atomic mass is 16.5. The molecule has 0 saturated heterocycles. The largest absolute Gasteiger partial charge is 0.466 e. The topological polar surface area (TPSA) is 95.9 Å². The van der Waals surface area contributed by atoms with E-state index in [0.29, 0.717) is 19.4 Å². The molecule has 6 nitrogen and oxygen atoms in total. The van der Waals surface area contributed by atoms with Crippen LogP contribution in [0.2, 0.25) is 0 Å². The van der Waals surface area contributed by atoms with E-state index in [0.717, 1.165) is 51.4 Å². The van der Waals surface area contributed by atoms with Crippen LogP contribution in [0.3, 0.4) is 0 Å². The molecule has 2 atom stereocenters. The second-order valence-corrected chi connectivity index (χ2v) is 22.8. The molecule has 0 aromatic carbocycles. The third-order valence-corrected chi connectivity index (χ3v) is 15.3. The van der Waals surface area contributed by atoms with Crippen LogP contribution in [0.4, 0.5) is 0 Å². The first-order chi connectivity index (χ1) is 37.0. The lowest BCUT2D eigenvalue weighted by Crippen LogP contribution is -2.45. The zero-order valence-electron chi connectivity index (χ0n) is 50.3. The Balaban J connectivity index is 3.41. The molecule has 0 aromatic heterocycles. The Morgan fingerprint density at radius 2 is 0.667 bits per heavy atom. The fourth-order valence-corrected chi connectivity index (χ4v) is 10.2. The predicted molar refractivity (Wildman–Crippen MR) is 329 cm³/mol. The Bertz CT molecular complexity index is 1260. The summed E-state index contributed by atoms with van der Waals surface area (Å²) in [5, 5.41) is 23.1. The van der Waals surface area contributed by atoms with Crippen LogP contribution in [0.25, 0.3) is 0 Å². The molecule has 75 heavy (non-hydrogen) atoms. The highest BCUT2D eigenvalue weighted by molar-refractivity contribution is 5.76. The van der Waals surface area contributed by atoms with Crippen LogP contribution < -0.4 is 5.32 Å². The third-order valence-electron chi connectivity index (χ3n) is 15.3.